The van der Waals surface area contributed by atoms with Crippen LogP contribution in [0.3, 0.4) is 0 Å². The Labute approximate surface area is 170 Å². The number of anilines is 2. The van der Waals surface area contributed by atoms with Crippen molar-refractivity contribution in [3.8, 4) is 17.0 Å². The summed E-state index contributed by atoms with van der Waals surface area (Å²) in [5, 5.41) is 5.97. The van der Waals surface area contributed by atoms with E-state index in [1.54, 1.807) is 29.8 Å². The first-order chi connectivity index (χ1) is 13.4. The van der Waals surface area contributed by atoms with Crippen molar-refractivity contribution >= 4 is 45.3 Å². The molecule has 4 rings (SSSR count). The molecule has 9 heteroatoms. The topological polar surface area (TPSA) is 84.4 Å². The molecule has 3 heterocycles. The van der Waals surface area contributed by atoms with Gasteiger partial charge in [0, 0.05) is 22.0 Å². The van der Waals surface area contributed by atoms with Gasteiger partial charge >= 0.3 is 0 Å². The van der Waals surface area contributed by atoms with Crippen LogP contribution < -0.4 is 15.0 Å². The van der Waals surface area contributed by atoms with Crippen LogP contribution in [0.15, 0.2) is 29.8 Å². The maximum Gasteiger partial charge on any atom is 0.268 e. The third-order valence-corrected chi connectivity index (χ3v) is 5.90. The van der Waals surface area contributed by atoms with Crippen LogP contribution in [0.5, 0.6) is 5.75 Å². The van der Waals surface area contributed by atoms with Gasteiger partial charge < -0.3 is 10.1 Å². The maximum absolute atomic E-state index is 12.7. The van der Waals surface area contributed by atoms with Gasteiger partial charge in [0.2, 0.25) is 5.91 Å². The van der Waals surface area contributed by atoms with Crippen LogP contribution in [-0.4, -0.2) is 34.4 Å². The molecule has 2 amide bonds. The van der Waals surface area contributed by atoms with Crippen LogP contribution in [0.1, 0.15) is 16.8 Å². The van der Waals surface area contributed by atoms with Gasteiger partial charge in [0.05, 0.1) is 16.4 Å². The average molecular weight is 415 g/mol. The lowest BCUT2D eigenvalue weighted by molar-refractivity contribution is -0.127. The largest absolute Gasteiger partial charge is 0.479 e. The summed E-state index contributed by atoms with van der Waals surface area (Å²) < 4.78 is 5.74. The molecule has 1 atom stereocenters. The number of carbonyl (C=O) groups excluding carboxylic acids is 2. The highest BCUT2D eigenvalue weighted by Gasteiger charge is 2.33. The first-order valence-electron chi connectivity index (χ1n) is 8.68. The highest BCUT2D eigenvalue weighted by Crippen LogP contribution is 2.38. The molecule has 0 spiro atoms. The Morgan fingerprint density at radius 3 is 2.86 bits per heavy atom. The van der Waals surface area contributed by atoms with E-state index in [1.807, 2.05) is 32.0 Å². The zero-order valence-electron chi connectivity index (χ0n) is 15.6. The molecular formula is C19H18N4O3S2. The summed E-state index contributed by atoms with van der Waals surface area (Å²) in [5.74, 6) is 0.00191. The Hall–Kier alpha value is -2.78. The fourth-order valence-corrected chi connectivity index (χ4v) is 4.49. The van der Waals surface area contributed by atoms with E-state index >= 15 is 0 Å². The Kier molecular flexibility index (Phi) is 4.86. The number of benzene rings is 1. The Morgan fingerprint density at radius 2 is 2.18 bits per heavy atom. The minimum atomic E-state index is -0.658. The molecule has 0 saturated heterocycles. The number of rotatable bonds is 4. The highest BCUT2D eigenvalue weighted by atomic mass is 32.1. The summed E-state index contributed by atoms with van der Waals surface area (Å²) in [6.07, 6.45) is 0.955. The highest BCUT2D eigenvalue weighted by molar-refractivity contribution is 7.13. The van der Waals surface area contributed by atoms with Crippen LogP contribution in [-0.2, 0) is 9.59 Å². The van der Waals surface area contributed by atoms with Crippen molar-refractivity contribution in [1.29, 1.82) is 0 Å². The van der Waals surface area contributed by atoms with Gasteiger partial charge in [0.15, 0.2) is 11.2 Å². The summed E-state index contributed by atoms with van der Waals surface area (Å²) in [7, 11) is 0. The second-order valence-corrected chi connectivity index (χ2v) is 8.69. The second kappa shape index (κ2) is 7.33. The van der Waals surface area contributed by atoms with Crippen LogP contribution in [0.4, 0.5) is 10.8 Å². The summed E-state index contributed by atoms with van der Waals surface area (Å²) in [5.41, 5.74) is 2.33. The van der Waals surface area contributed by atoms with Gasteiger partial charge in [-0.05, 0) is 39.0 Å². The van der Waals surface area contributed by atoms with Crippen molar-refractivity contribution in [3.05, 3.63) is 39.7 Å². The number of aryl methyl sites for hydroxylation is 2. The number of hydrogen-bond acceptors (Lipinski definition) is 7. The van der Waals surface area contributed by atoms with E-state index in [2.05, 4.69) is 15.3 Å². The van der Waals surface area contributed by atoms with Crippen molar-refractivity contribution in [3.63, 3.8) is 0 Å². The Bertz CT molecular complexity index is 1050. The molecule has 0 radical (unpaired) electrons. The molecule has 1 aliphatic heterocycles. The molecule has 1 aromatic carbocycles. The van der Waals surface area contributed by atoms with Gasteiger partial charge in [-0.1, -0.05) is 0 Å². The summed E-state index contributed by atoms with van der Waals surface area (Å²) in [6, 6.07) is 5.61. The molecule has 0 bridgehead atoms. The normalized spacial score (nSPS) is 15.9. The quantitative estimate of drug-likeness (QED) is 0.705. The van der Waals surface area contributed by atoms with Crippen molar-refractivity contribution < 1.29 is 14.3 Å². The minimum Gasteiger partial charge on any atom is -0.479 e. The third kappa shape index (κ3) is 3.50. The molecule has 0 saturated carbocycles. The third-order valence-electron chi connectivity index (χ3n) is 4.32. The first kappa shape index (κ1) is 18.6. The molecule has 0 aliphatic carbocycles. The Balaban J connectivity index is 1.67. The molecule has 144 valence electrons. The van der Waals surface area contributed by atoms with E-state index < -0.39 is 6.10 Å². The zero-order valence-corrected chi connectivity index (χ0v) is 17.2. The molecule has 0 fully saturated rings. The Morgan fingerprint density at radius 1 is 1.36 bits per heavy atom. The van der Waals surface area contributed by atoms with Crippen LogP contribution in [0.2, 0.25) is 0 Å². The van der Waals surface area contributed by atoms with Gasteiger partial charge in [-0.25, -0.2) is 9.97 Å². The van der Waals surface area contributed by atoms with Gasteiger partial charge in [-0.2, -0.15) is 0 Å². The van der Waals surface area contributed by atoms with Crippen LogP contribution in [0.25, 0.3) is 11.3 Å². The SMILES string of the molecule is Cc1nc(-c2ccc3c(c2)N(CC(=O)Nc2nccs2)C(=O)C(C)O3)c(C)s1. The average Bonchev–Trinajstić information content (AvgIpc) is 3.27. The molecule has 1 aliphatic rings. The molecule has 2 aromatic heterocycles. The molecule has 7 nitrogen and oxygen atoms in total. The van der Waals surface area contributed by atoms with E-state index in [-0.39, 0.29) is 18.4 Å². The number of nitrogens with one attached hydrogen (secondary N) is 1. The molecule has 1 N–H and O–H groups in total. The predicted molar refractivity (Wildman–Crippen MR) is 110 cm³/mol. The number of ether oxygens (including phenoxy) is 1. The summed E-state index contributed by atoms with van der Waals surface area (Å²) >= 11 is 2.95. The smallest absolute Gasteiger partial charge is 0.268 e. The monoisotopic (exact) mass is 414 g/mol. The number of thiazole rings is 2. The van der Waals surface area contributed by atoms with Crippen molar-refractivity contribution in [2.45, 2.75) is 26.9 Å². The van der Waals surface area contributed by atoms with Crippen molar-refractivity contribution in [2.75, 3.05) is 16.8 Å². The van der Waals surface area contributed by atoms with E-state index in [9.17, 15) is 9.59 Å². The minimum absolute atomic E-state index is 0.113. The predicted octanol–water partition coefficient (Wildman–Crippen LogP) is 3.64. The second-order valence-electron chi connectivity index (χ2n) is 6.39. The number of carbonyl (C=O) groups is 2. The van der Waals surface area contributed by atoms with Crippen molar-refractivity contribution in [1.82, 2.24) is 9.97 Å². The number of nitrogens with zero attached hydrogens (tertiary/aromatic N) is 3. The number of fused-ring (bicyclic) bond motifs is 1. The zero-order chi connectivity index (χ0) is 19.8. The lowest BCUT2D eigenvalue weighted by atomic mass is 10.1. The van der Waals surface area contributed by atoms with E-state index in [4.69, 9.17) is 4.74 Å². The number of aromatic nitrogens is 2. The fourth-order valence-electron chi connectivity index (χ4n) is 3.10. The van der Waals surface area contributed by atoms with Gasteiger partial charge in [-0.15, -0.1) is 22.7 Å². The lowest BCUT2D eigenvalue weighted by Crippen LogP contribution is -2.47. The van der Waals surface area contributed by atoms with E-state index in [1.165, 1.54) is 16.2 Å². The molecular weight excluding hydrogens is 396 g/mol. The van der Waals surface area contributed by atoms with Gasteiger partial charge in [-0.3, -0.25) is 14.5 Å². The maximum atomic E-state index is 12.7. The molecule has 3 aromatic rings. The fraction of sp³-hybridized carbons (Fsp3) is 0.263. The summed E-state index contributed by atoms with van der Waals surface area (Å²) in [6.45, 7) is 5.54. The first-order valence-corrected chi connectivity index (χ1v) is 10.4. The molecule has 28 heavy (non-hydrogen) atoms. The standard InChI is InChI=1S/C19H18N4O3S2/c1-10-18(25)23(9-16(24)22-19-20-6-7-27-19)14-8-13(4-5-15(14)26-10)17-11(2)28-12(3)21-17/h4-8,10H,9H2,1-3H3,(H,20,22,24). The number of hydrogen-bond donors (Lipinski definition) is 1. The van der Waals surface area contributed by atoms with Crippen LogP contribution in [0, 0.1) is 13.8 Å². The number of amides is 2. The van der Waals surface area contributed by atoms with Crippen LogP contribution >= 0.6 is 22.7 Å². The lowest BCUT2D eigenvalue weighted by Gasteiger charge is -2.32. The summed E-state index contributed by atoms with van der Waals surface area (Å²) in [4.78, 5) is 36.4. The van der Waals surface area contributed by atoms with Gasteiger partial charge in [0.25, 0.3) is 5.91 Å². The van der Waals surface area contributed by atoms with Gasteiger partial charge in [0.1, 0.15) is 12.3 Å². The molecule has 1 unspecified atom stereocenters. The van der Waals surface area contributed by atoms with E-state index in [0.29, 0.717) is 16.6 Å². The van der Waals surface area contributed by atoms with Crippen molar-refractivity contribution in [2.24, 2.45) is 0 Å². The van der Waals surface area contributed by atoms with E-state index in [0.717, 1.165) is 21.1 Å².